The fourth-order valence-corrected chi connectivity index (χ4v) is 2.70. The van der Waals surface area contributed by atoms with Gasteiger partial charge in [-0.1, -0.05) is 0 Å². The quantitative estimate of drug-likeness (QED) is 0.872. The molecule has 2 aliphatic rings. The van der Waals surface area contributed by atoms with E-state index in [1.165, 1.54) is 4.90 Å². The minimum Gasteiger partial charge on any atom is -0.472 e. The molecule has 0 aromatic carbocycles. The number of hydrogen-bond donors (Lipinski definition) is 1. The van der Waals surface area contributed by atoms with Crippen molar-refractivity contribution >= 4 is 12.1 Å². The van der Waals surface area contributed by atoms with E-state index in [4.69, 9.17) is 4.74 Å². The first-order valence-electron chi connectivity index (χ1n) is 7.44. The van der Waals surface area contributed by atoms with Crippen LogP contribution in [0.15, 0.2) is 12.3 Å². The summed E-state index contributed by atoms with van der Waals surface area (Å²) in [5.74, 6) is 1.17. The molecule has 0 aliphatic carbocycles. The number of likely N-dealkylation sites (tertiary alicyclic amines) is 1. The largest absolute Gasteiger partial charge is 0.472 e. The zero-order chi connectivity index (χ0) is 15.5. The number of aromatic nitrogens is 2. The summed E-state index contributed by atoms with van der Waals surface area (Å²) in [5.41, 5.74) is 0. The number of aryl methyl sites for hydroxylation is 1. The molecule has 2 aliphatic heterocycles. The number of nitrogens with zero attached hydrogens (tertiary/aromatic N) is 4. The molecule has 1 aromatic rings. The number of hydrogen-bond acceptors (Lipinski definition) is 5. The van der Waals surface area contributed by atoms with Crippen molar-refractivity contribution in [1.29, 1.82) is 0 Å². The van der Waals surface area contributed by atoms with Gasteiger partial charge >= 0.3 is 12.1 Å². The molecule has 3 heterocycles. The maximum absolute atomic E-state index is 12.4. The molecule has 2 fully saturated rings. The minimum absolute atomic E-state index is 0.113. The molecule has 0 radical (unpaired) electrons. The second kappa shape index (κ2) is 6.17. The van der Waals surface area contributed by atoms with E-state index >= 15 is 0 Å². The number of piperidine rings is 1. The number of carbonyl (C=O) groups is 2. The highest BCUT2D eigenvalue weighted by Gasteiger charge is 2.33. The summed E-state index contributed by atoms with van der Waals surface area (Å²) in [6.45, 7) is 3.84. The maximum Gasteiger partial charge on any atom is 0.328 e. The van der Waals surface area contributed by atoms with Gasteiger partial charge in [0, 0.05) is 31.9 Å². The van der Waals surface area contributed by atoms with Gasteiger partial charge in [0.2, 0.25) is 5.88 Å². The second-order valence-corrected chi connectivity index (χ2v) is 5.44. The van der Waals surface area contributed by atoms with Crippen LogP contribution < -0.4 is 10.1 Å². The van der Waals surface area contributed by atoms with Crippen molar-refractivity contribution in [2.24, 2.45) is 0 Å². The van der Waals surface area contributed by atoms with Crippen molar-refractivity contribution in [1.82, 2.24) is 25.1 Å². The lowest BCUT2D eigenvalue weighted by atomic mass is 10.1. The molecule has 2 saturated heterocycles. The Morgan fingerprint density at radius 1 is 1.45 bits per heavy atom. The Kier molecular flexibility index (Phi) is 4.08. The third kappa shape index (κ3) is 3.10. The minimum atomic E-state index is -0.320. The smallest absolute Gasteiger partial charge is 0.328 e. The van der Waals surface area contributed by atoms with Gasteiger partial charge in [-0.15, -0.1) is 0 Å². The number of ether oxygens (including phenoxy) is 1. The van der Waals surface area contributed by atoms with Crippen LogP contribution in [0, 0.1) is 6.92 Å². The van der Waals surface area contributed by atoms with E-state index in [0.717, 1.165) is 12.8 Å². The molecule has 1 N–H and O–H groups in total. The maximum atomic E-state index is 12.4. The molecule has 0 saturated carbocycles. The van der Waals surface area contributed by atoms with Crippen molar-refractivity contribution in [3.63, 3.8) is 0 Å². The van der Waals surface area contributed by atoms with Gasteiger partial charge in [-0.05, 0) is 19.8 Å². The summed E-state index contributed by atoms with van der Waals surface area (Å²) in [6, 6.07) is 1.14. The van der Waals surface area contributed by atoms with E-state index in [-0.39, 0.29) is 18.2 Å². The molecule has 3 rings (SSSR count). The summed E-state index contributed by atoms with van der Waals surface area (Å²) in [7, 11) is 0. The van der Waals surface area contributed by atoms with Crippen LogP contribution in [0.5, 0.6) is 5.88 Å². The number of urea groups is 2. The zero-order valence-electron chi connectivity index (χ0n) is 12.5. The van der Waals surface area contributed by atoms with Crippen LogP contribution in [-0.2, 0) is 0 Å². The summed E-state index contributed by atoms with van der Waals surface area (Å²) in [5, 5.41) is 2.64. The first-order chi connectivity index (χ1) is 10.6. The van der Waals surface area contributed by atoms with Crippen molar-refractivity contribution in [2.45, 2.75) is 25.9 Å². The highest BCUT2D eigenvalue weighted by Crippen LogP contribution is 2.18. The zero-order valence-corrected chi connectivity index (χ0v) is 12.5. The standard InChI is InChI=1S/C14H19N5O3/c1-10-15-5-4-12(17-10)22-11-3-2-7-18(9-11)14(21)19-8-6-16-13(19)20/h4-5,11H,2-3,6-9H2,1H3,(H,16,20). The van der Waals surface area contributed by atoms with Crippen molar-refractivity contribution in [2.75, 3.05) is 26.2 Å². The molecular formula is C14H19N5O3. The Morgan fingerprint density at radius 2 is 2.32 bits per heavy atom. The van der Waals surface area contributed by atoms with E-state index in [2.05, 4.69) is 15.3 Å². The average molecular weight is 305 g/mol. The van der Waals surface area contributed by atoms with Gasteiger partial charge in [0.25, 0.3) is 0 Å². The predicted molar refractivity (Wildman–Crippen MR) is 77.5 cm³/mol. The topological polar surface area (TPSA) is 87.7 Å². The van der Waals surface area contributed by atoms with E-state index in [9.17, 15) is 9.59 Å². The molecule has 1 aromatic heterocycles. The lowest BCUT2D eigenvalue weighted by Gasteiger charge is -2.34. The molecule has 8 nitrogen and oxygen atoms in total. The Balaban J connectivity index is 1.61. The van der Waals surface area contributed by atoms with Crippen molar-refractivity contribution < 1.29 is 14.3 Å². The summed E-state index contributed by atoms with van der Waals surface area (Å²) >= 11 is 0. The first kappa shape index (κ1) is 14.6. The number of imide groups is 1. The molecule has 0 spiro atoms. The molecular weight excluding hydrogens is 286 g/mol. The number of carbonyl (C=O) groups excluding carboxylic acids is 2. The SMILES string of the molecule is Cc1nccc(OC2CCCN(C(=O)N3CCNC3=O)C2)n1. The molecule has 0 bridgehead atoms. The number of rotatable bonds is 2. The highest BCUT2D eigenvalue weighted by atomic mass is 16.5. The number of amides is 4. The van der Waals surface area contributed by atoms with Gasteiger partial charge < -0.3 is 15.0 Å². The molecule has 1 unspecified atom stereocenters. The van der Waals surface area contributed by atoms with Crippen LogP contribution in [0.3, 0.4) is 0 Å². The van der Waals surface area contributed by atoms with Crippen molar-refractivity contribution in [3.05, 3.63) is 18.1 Å². The van der Waals surface area contributed by atoms with Crippen molar-refractivity contribution in [3.8, 4) is 5.88 Å². The molecule has 4 amide bonds. The van der Waals surface area contributed by atoms with Crippen LogP contribution in [0.25, 0.3) is 0 Å². The van der Waals surface area contributed by atoms with Crippen LogP contribution in [0.2, 0.25) is 0 Å². The van der Waals surface area contributed by atoms with Gasteiger partial charge in [0.1, 0.15) is 11.9 Å². The van der Waals surface area contributed by atoms with Gasteiger partial charge in [-0.3, -0.25) is 0 Å². The number of nitrogens with one attached hydrogen (secondary N) is 1. The third-order valence-corrected chi connectivity index (χ3v) is 3.77. The molecule has 118 valence electrons. The van der Waals surface area contributed by atoms with Gasteiger partial charge in [-0.25, -0.2) is 19.5 Å². The second-order valence-electron chi connectivity index (χ2n) is 5.44. The predicted octanol–water partition coefficient (Wildman–Crippen LogP) is 0.773. The van der Waals surface area contributed by atoms with Crippen LogP contribution in [-0.4, -0.2) is 64.1 Å². The van der Waals surface area contributed by atoms with Gasteiger partial charge in [0.15, 0.2) is 0 Å². The lowest BCUT2D eigenvalue weighted by molar-refractivity contribution is 0.0880. The van der Waals surface area contributed by atoms with E-state index in [1.54, 1.807) is 24.1 Å². The lowest BCUT2D eigenvalue weighted by Crippen LogP contribution is -2.50. The van der Waals surface area contributed by atoms with Gasteiger partial charge in [0.05, 0.1) is 6.54 Å². The molecule has 1 atom stereocenters. The average Bonchev–Trinajstić information content (AvgIpc) is 2.93. The van der Waals surface area contributed by atoms with Gasteiger partial charge in [-0.2, -0.15) is 4.98 Å². The Bertz CT molecular complexity index is 579. The monoisotopic (exact) mass is 305 g/mol. The molecule has 22 heavy (non-hydrogen) atoms. The first-order valence-corrected chi connectivity index (χ1v) is 7.44. The summed E-state index contributed by atoms with van der Waals surface area (Å²) < 4.78 is 5.84. The summed E-state index contributed by atoms with van der Waals surface area (Å²) in [4.78, 5) is 35.1. The summed E-state index contributed by atoms with van der Waals surface area (Å²) in [6.07, 6.45) is 3.24. The van der Waals surface area contributed by atoms with Crippen LogP contribution in [0.1, 0.15) is 18.7 Å². The fourth-order valence-electron chi connectivity index (χ4n) is 2.70. The molecule has 8 heteroatoms. The highest BCUT2D eigenvalue weighted by molar-refractivity contribution is 5.95. The Labute approximate surface area is 128 Å². The van der Waals surface area contributed by atoms with Crippen LogP contribution >= 0.6 is 0 Å². The van der Waals surface area contributed by atoms with E-state index in [0.29, 0.717) is 37.9 Å². The van der Waals surface area contributed by atoms with E-state index < -0.39 is 0 Å². The normalized spacial score (nSPS) is 21.7. The Hall–Kier alpha value is -2.38. The third-order valence-electron chi connectivity index (χ3n) is 3.77. The van der Waals surface area contributed by atoms with E-state index in [1.807, 2.05) is 0 Å². The fraction of sp³-hybridized carbons (Fsp3) is 0.571. The Morgan fingerprint density at radius 3 is 3.05 bits per heavy atom. The van der Waals surface area contributed by atoms with Crippen LogP contribution in [0.4, 0.5) is 9.59 Å².